The summed E-state index contributed by atoms with van der Waals surface area (Å²) < 4.78 is 51.0. The molecule has 3 aromatic rings. The topological polar surface area (TPSA) is 68.4 Å². The first kappa shape index (κ1) is 19.4. The van der Waals surface area contributed by atoms with Gasteiger partial charge in [0.2, 0.25) is 5.82 Å². The van der Waals surface area contributed by atoms with Crippen LogP contribution in [-0.4, -0.2) is 21.4 Å². The number of nitrogens with zero attached hydrogens (tertiary/aromatic N) is 2. The van der Waals surface area contributed by atoms with Gasteiger partial charge in [-0.15, -0.1) is 0 Å². The van der Waals surface area contributed by atoms with Crippen LogP contribution in [0.25, 0.3) is 22.8 Å². The fourth-order valence-electron chi connectivity index (χ4n) is 3.53. The maximum absolute atomic E-state index is 13.5. The number of hydrogen-bond acceptors (Lipinski definition) is 5. The van der Waals surface area contributed by atoms with Gasteiger partial charge in [0.25, 0.3) is 5.89 Å². The van der Waals surface area contributed by atoms with Crippen LogP contribution in [-0.2, 0) is 12.6 Å². The second kappa shape index (κ2) is 7.18. The number of rotatable bonds is 4. The Bertz CT molecular complexity index is 1040. The number of ether oxygens (including phenoxy) is 1. The van der Waals surface area contributed by atoms with Crippen LogP contribution < -0.4 is 4.74 Å². The normalized spacial score (nSPS) is 16.3. The van der Waals surface area contributed by atoms with Gasteiger partial charge in [0.15, 0.2) is 0 Å². The summed E-state index contributed by atoms with van der Waals surface area (Å²) in [4.78, 5) is 4.30. The van der Waals surface area contributed by atoms with Gasteiger partial charge in [-0.2, -0.15) is 18.2 Å². The Labute approximate surface area is 165 Å². The van der Waals surface area contributed by atoms with Crippen LogP contribution in [0.4, 0.5) is 13.2 Å². The van der Waals surface area contributed by atoms with E-state index in [1.807, 2.05) is 12.1 Å². The Morgan fingerprint density at radius 1 is 1.21 bits per heavy atom. The first-order chi connectivity index (χ1) is 13.7. The van der Waals surface area contributed by atoms with Gasteiger partial charge in [0.05, 0.1) is 17.8 Å². The SMILES string of the molecule is CC(C)Oc1ccc(-c2nc(-c3cccc4c3CC[C@H]4O)no2)cc1C(F)(F)F. The van der Waals surface area contributed by atoms with Crippen molar-refractivity contribution in [2.75, 3.05) is 0 Å². The molecule has 1 aromatic heterocycles. The van der Waals surface area contributed by atoms with Crippen LogP contribution in [0.5, 0.6) is 5.75 Å². The molecule has 1 heterocycles. The second-order valence-electron chi connectivity index (χ2n) is 7.23. The lowest BCUT2D eigenvalue weighted by atomic mass is 10.0. The van der Waals surface area contributed by atoms with E-state index in [0.717, 1.165) is 17.2 Å². The molecule has 1 N–H and O–H groups in total. The summed E-state index contributed by atoms with van der Waals surface area (Å²) in [5, 5.41) is 14.0. The van der Waals surface area contributed by atoms with Crippen molar-refractivity contribution in [2.45, 2.75) is 45.1 Å². The first-order valence-corrected chi connectivity index (χ1v) is 9.26. The van der Waals surface area contributed by atoms with Crippen LogP contribution in [0.1, 0.15) is 43.1 Å². The lowest BCUT2D eigenvalue weighted by molar-refractivity contribution is -0.139. The standard InChI is InChI=1S/C21H19F3N2O3/c1-11(2)28-18-9-6-12(10-16(18)21(22,23)24)20-25-19(26-29-20)15-5-3-4-14-13(15)7-8-17(14)27/h3-6,9-11,17,27H,7-8H2,1-2H3/t17-/m1/s1. The largest absolute Gasteiger partial charge is 0.490 e. The quantitative estimate of drug-likeness (QED) is 0.648. The first-order valence-electron chi connectivity index (χ1n) is 9.26. The van der Waals surface area contributed by atoms with Crippen molar-refractivity contribution in [1.82, 2.24) is 10.1 Å². The van der Waals surface area contributed by atoms with E-state index in [1.165, 1.54) is 12.1 Å². The molecule has 1 atom stereocenters. The van der Waals surface area contributed by atoms with E-state index < -0.39 is 23.9 Å². The molecule has 2 aromatic carbocycles. The highest BCUT2D eigenvalue weighted by Crippen LogP contribution is 2.40. The summed E-state index contributed by atoms with van der Waals surface area (Å²) in [5.41, 5.74) is 1.73. The van der Waals surface area contributed by atoms with Gasteiger partial charge >= 0.3 is 6.18 Å². The minimum absolute atomic E-state index is 0.0160. The molecule has 0 bridgehead atoms. The molecule has 0 spiro atoms. The van der Waals surface area contributed by atoms with Crippen LogP contribution >= 0.6 is 0 Å². The maximum atomic E-state index is 13.5. The molecule has 0 radical (unpaired) electrons. The minimum Gasteiger partial charge on any atom is -0.490 e. The predicted octanol–water partition coefficient (Wildman–Crippen LogP) is 5.19. The lowest BCUT2D eigenvalue weighted by Gasteiger charge is -2.16. The third kappa shape index (κ3) is 3.72. The van der Waals surface area contributed by atoms with E-state index in [2.05, 4.69) is 10.1 Å². The van der Waals surface area contributed by atoms with Crippen LogP contribution in [0.15, 0.2) is 40.9 Å². The van der Waals surface area contributed by atoms with Crippen molar-refractivity contribution in [3.8, 4) is 28.6 Å². The van der Waals surface area contributed by atoms with E-state index in [1.54, 1.807) is 19.9 Å². The van der Waals surface area contributed by atoms with Crippen molar-refractivity contribution in [3.63, 3.8) is 0 Å². The van der Waals surface area contributed by atoms with Gasteiger partial charge in [-0.3, -0.25) is 0 Å². The monoisotopic (exact) mass is 404 g/mol. The Balaban J connectivity index is 1.72. The van der Waals surface area contributed by atoms with Crippen molar-refractivity contribution >= 4 is 0 Å². The molecule has 0 unspecified atom stereocenters. The Morgan fingerprint density at radius 3 is 2.72 bits per heavy atom. The molecule has 152 valence electrons. The number of benzene rings is 2. The predicted molar refractivity (Wildman–Crippen MR) is 99.2 cm³/mol. The maximum Gasteiger partial charge on any atom is 0.419 e. The summed E-state index contributed by atoms with van der Waals surface area (Å²) in [6, 6.07) is 9.13. The Morgan fingerprint density at radius 2 is 2.00 bits per heavy atom. The van der Waals surface area contributed by atoms with Gasteiger partial charge in [0, 0.05) is 11.1 Å². The molecule has 5 nitrogen and oxygen atoms in total. The summed E-state index contributed by atoms with van der Waals surface area (Å²) >= 11 is 0. The number of aliphatic hydroxyl groups is 1. The molecule has 0 amide bonds. The molecule has 1 aliphatic rings. The third-order valence-electron chi connectivity index (χ3n) is 4.80. The molecule has 0 aliphatic heterocycles. The summed E-state index contributed by atoms with van der Waals surface area (Å²) in [6.45, 7) is 3.32. The third-order valence-corrected chi connectivity index (χ3v) is 4.80. The molecule has 0 fully saturated rings. The lowest BCUT2D eigenvalue weighted by Crippen LogP contribution is -2.13. The van der Waals surface area contributed by atoms with Crippen LogP contribution in [0, 0.1) is 0 Å². The fraction of sp³-hybridized carbons (Fsp3) is 0.333. The molecule has 1 aliphatic carbocycles. The fourth-order valence-corrected chi connectivity index (χ4v) is 3.53. The van der Waals surface area contributed by atoms with Gasteiger partial charge in [0.1, 0.15) is 5.75 Å². The highest BCUT2D eigenvalue weighted by Gasteiger charge is 2.35. The summed E-state index contributed by atoms with van der Waals surface area (Å²) in [7, 11) is 0. The van der Waals surface area contributed by atoms with Crippen LogP contribution in [0.2, 0.25) is 0 Å². The molecule has 8 heteroatoms. The van der Waals surface area contributed by atoms with Gasteiger partial charge in [-0.05, 0) is 56.0 Å². The van der Waals surface area contributed by atoms with E-state index >= 15 is 0 Å². The second-order valence-corrected chi connectivity index (χ2v) is 7.23. The molecule has 0 saturated heterocycles. The molecule has 0 saturated carbocycles. The van der Waals surface area contributed by atoms with Crippen molar-refractivity contribution in [1.29, 1.82) is 0 Å². The zero-order chi connectivity index (χ0) is 20.8. The average Bonchev–Trinajstić information content (AvgIpc) is 3.28. The van der Waals surface area contributed by atoms with E-state index in [4.69, 9.17) is 9.26 Å². The highest BCUT2D eigenvalue weighted by atomic mass is 19.4. The zero-order valence-corrected chi connectivity index (χ0v) is 15.8. The number of aliphatic hydroxyl groups excluding tert-OH is 1. The highest BCUT2D eigenvalue weighted by molar-refractivity contribution is 5.66. The number of alkyl halides is 3. The number of halogens is 3. The molecule has 29 heavy (non-hydrogen) atoms. The summed E-state index contributed by atoms with van der Waals surface area (Å²) in [5.74, 6) is 0.0191. The van der Waals surface area contributed by atoms with Gasteiger partial charge < -0.3 is 14.4 Å². The number of hydrogen-bond donors (Lipinski definition) is 1. The molecular formula is C21H19F3N2O3. The Hall–Kier alpha value is -2.87. The average molecular weight is 404 g/mol. The van der Waals surface area contributed by atoms with Gasteiger partial charge in [-0.25, -0.2) is 0 Å². The zero-order valence-electron chi connectivity index (χ0n) is 15.8. The van der Waals surface area contributed by atoms with Crippen molar-refractivity contribution in [3.05, 3.63) is 53.1 Å². The molecule has 4 rings (SSSR count). The molecular weight excluding hydrogens is 385 g/mol. The van der Waals surface area contributed by atoms with Crippen molar-refractivity contribution < 1.29 is 27.5 Å². The minimum atomic E-state index is -4.58. The number of aromatic nitrogens is 2. The van der Waals surface area contributed by atoms with E-state index in [0.29, 0.717) is 18.4 Å². The van der Waals surface area contributed by atoms with E-state index in [-0.39, 0.29) is 23.0 Å². The van der Waals surface area contributed by atoms with Crippen molar-refractivity contribution in [2.24, 2.45) is 0 Å². The Kier molecular flexibility index (Phi) is 4.82. The van der Waals surface area contributed by atoms with Gasteiger partial charge in [-0.1, -0.05) is 23.4 Å². The smallest absolute Gasteiger partial charge is 0.419 e. The van der Waals surface area contributed by atoms with Crippen LogP contribution in [0.3, 0.4) is 0 Å². The van der Waals surface area contributed by atoms with E-state index in [9.17, 15) is 18.3 Å². The number of fused-ring (bicyclic) bond motifs is 1. The summed E-state index contributed by atoms with van der Waals surface area (Å²) in [6.07, 6.45) is -4.22.